The molecule has 1 amide bonds. The van der Waals surface area contributed by atoms with Crippen LogP contribution in [0.2, 0.25) is 0 Å². The second kappa shape index (κ2) is 8.68. The summed E-state index contributed by atoms with van der Waals surface area (Å²) in [6.07, 6.45) is 0.858. The van der Waals surface area contributed by atoms with Crippen molar-refractivity contribution in [1.29, 1.82) is 0 Å². The molecule has 0 saturated carbocycles. The third kappa shape index (κ3) is 4.51. The normalized spacial score (nSPS) is 15.7. The van der Waals surface area contributed by atoms with Gasteiger partial charge in [-0.3, -0.25) is 4.79 Å². The van der Waals surface area contributed by atoms with Crippen LogP contribution in [0.15, 0.2) is 47.4 Å². The van der Waals surface area contributed by atoms with Gasteiger partial charge in [-0.15, -0.1) is 11.3 Å². The zero-order valence-electron chi connectivity index (χ0n) is 18.0. The first-order chi connectivity index (χ1) is 14.8. The SMILES string of the molecule is Cc1nc(CC(C)C)sc1C(=O)N1CCN(S(=O)(=O)c2ccc3ccccc3c2)CC1. The van der Waals surface area contributed by atoms with Crippen molar-refractivity contribution in [2.75, 3.05) is 26.2 Å². The lowest BCUT2D eigenvalue weighted by Gasteiger charge is -2.33. The molecule has 2 heterocycles. The minimum atomic E-state index is -3.60. The molecule has 1 aromatic heterocycles. The fraction of sp³-hybridized carbons (Fsp3) is 0.391. The summed E-state index contributed by atoms with van der Waals surface area (Å²) < 4.78 is 27.8. The highest BCUT2D eigenvalue weighted by atomic mass is 32.2. The summed E-state index contributed by atoms with van der Waals surface area (Å²) in [5.74, 6) is 0.435. The molecular formula is C23H27N3O3S2. The van der Waals surface area contributed by atoms with E-state index in [-0.39, 0.29) is 19.0 Å². The molecule has 1 aliphatic rings. The molecule has 1 saturated heterocycles. The predicted octanol–water partition coefficient (Wildman–Crippen LogP) is 3.95. The zero-order valence-corrected chi connectivity index (χ0v) is 19.7. The lowest BCUT2D eigenvalue weighted by Crippen LogP contribution is -2.50. The maximum Gasteiger partial charge on any atom is 0.265 e. The summed E-state index contributed by atoms with van der Waals surface area (Å²) in [5, 5.41) is 2.89. The lowest BCUT2D eigenvalue weighted by atomic mass is 10.1. The number of aryl methyl sites for hydroxylation is 1. The quantitative estimate of drug-likeness (QED) is 0.582. The van der Waals surface area contributed by atoms with Crippen LogP contribution in [-0.4, -0.2) is 54.7 Å². The van der Waals surface area contributed by atoms with E-state index >= 15 is 0 Å². The standard InChI is InChI=1S/C23H27N3O3S2/c1-16(2)14-21-24-17(3)22(30-21)23(27)25-10-12-26(13-11-25)31(28,29)20-9-8-18-6-4-5-7-19(18)15-20/h4-9,15-16H,10-14H2,1-3H3. The maximum absolute atomic E-state index is 13.2. The number of hydrogen-bond acceptors (Lipinski definition) is 5. The number of nitrogens with zero attached hydrogens (tertiary/aromatic N) is 3. The van der Waals surface area contributed by atoms with Crippen molar-refractivity contribution in [2.45, 2.75) is 32.1 Å². The van der Waals surface area contributed by atoms with E-state index < -0.39 is 10.0 Å². The van der Waals surface area contributed by atoms with Crippen LogP contribution in [0.25, 0.3) is 10.8 Å². The first-order valence-corrected chi connectivity index (χ1v) is 12.8. The van der Waals surface area contributed by atoms with E-state index in [0.29, 0.717) is 28.8 Å². The number of rotatable bonds is 5. The van der Waals surface area contributed by atoms with Crippen molar-refractivity contribution >= 4 is 38.0 Å². The Hall–Kier alpha value is -2.29. The summed E-state index contributed by atoms with van der Waals surface area (Å²) in [4.78, 5) is 20.3. The van der Waals surface area contributed by atoms with Crippen LogP contribution in [0.4, 0.5) is 0 Å². The number of amides is 1. The molecule has 8 heteroatoms. The van der Waals surface area contributed by atoms with E-state index in [1.54, 1.807) is 17.0 Å². The van der Waals surface area contributed by atoms with Crippen LogP contribution in [0, 0.1) is 12.8 Å². The van der Waals surface area contributed by atoms with Gasteiger partial charge in [-0.1, -0.05) is 44.2 Å². The van der Waals surface area contributed by atoms with Crippen molar-refractivity contribution in [1.82, 2.24) is 14.2 Å². The zero-order chi connectivity index (χ0) is 22.2. The van der Waals surface area contributed by atoms with E-state index in [4.69, 9.17) is 0 Å². The van der Waals surface area contributed by atoms with Crippen LogP contribution in [0.5, 0.6) is 0 Å². The number of piperazine rings is 1. The van der Waals surface area contributed by atoms with E-state index in [9.17, 15) is 13.2 Å². The smallest absolute Gasteiger partial charge is 0.265 e. The molecule has 4 rings (SSSR count). The summed E-state index contributed by atoms with van der Waals surface area (Å²) >= 11 is 1.46. The van der Waals surface area contributed by atoms with Crippen molar-refractivity contribution in [3.05, 3.63) is 58.0 Å². The molecule has 0 spiro atoms. The van der Waals surface area contributed by atoms with E-state index in [1.165, 1.54) is 15.6 Å². The Bertz CT molecular complexity index is 1210. The maximum atomic E-state index is 13.2. The molecule has 164 valence electrons. The number of thiazole rings is 1. The Morgan fingerprint density at radius 1 is 1.06 bits per heavy atom. The minimum Gasteiger partial charge on any atom is -0.335 e. The van der Waals surface area contributed by atoms with Crippen molar-refractivity contribution in [2.24, 2.45) is 5.92 Å². The van der Waals surface area contributed by atoms with Gasteiger partial charge in [0.25, 0.3) is 5.91 Å². The van der Waals surface area contributed by atoms with E-state index in [1.807, 2.05) is 37.3 Å². The monoisotopic (exact) mass is 457 g/mol. The van der Waals surface area contributed by atoms with Gasteiger partial charge in [0.15, 0.2) is 0 Å². The van der Waals surface area contributed by atoms with E-state index in [2.05, 4.69) is 18.8 Å². The molecule has 0 radical (unpaired) electrons. The number of hydrogen-bond donors (Lipinski definition) is 0. The van der Waals surface area contributed by atoms with Gasteiger partial charge < -0.3 is 4.90 Å². The third-order valence-corrected chi connectivity index (χ3v) is 8.56. The van der Waals surface area contributed by atoms with Gasteiger partial charge in [0, 0.05) is 32.6 Å². The molecule has 1 aliphatic heterocycles. The fourth-order valence-corrected chi connectivity index (χ4v) is 6.54. The van der Waals surface area contributed by atoms with Gasteiger partial charge in [0.05, 0.1) is 15.6 Å². The number of carbonyl (C=O) groups is 1. The summed E-state index contributed by atoms with van der Waals surface area (Å²) in [5.41, 5.74) is 0.761. The molecule has 3 aromatic rings. The Morgan fingerprint density at radius 2 is 1.74 bits per heavy atom. The molecule has 0 aliphatic carbocycles. The Labute approximate surface area is 187 Å². The number of sulfonamides is 1. The highest BCUT2D eigenvalue weighted by Crippen LogP contribution is 2.25. The second-order valence-electron chi connectivity index (χ2n) is 8.33. The molecule has 0 bridgehead atoms. The first-order valence-electron chi connectivity index (χ1n) is 10.5. The Morgan fingerprint density at radius 3 is 2.42 bits per heavy atom. The molecule has 31 heavy (non-hydrogen) atoms. The second-order valence-corrected chi connectivity index (χ2v) is 11.3. The van der Waals surface area contributed by atoms with Gasteiger partial charge >= 0.3 is 0 Å². The van der Waals surface area contributed by atoms with Crippen LogP contribution >= 0.6 is 11.3 Å². The molecule has 0 N–H and O–H groups in total. The van der Waals surface area contributed by atoms with Crippen LogP contribution in [-0.2, 0) is 16.4 Å². The third-order valence-electron chi connectivity index (χ3n) is 5.50. The van der Waals surface area contributed by atoms with Gasteiger partial charge in [-0.25, -0.2) is 13.4 Å². The molecule has 1 fully saturated rings. The molecule has 0 unspecified atom stereocenters. The first kappa shape index (κ1) is 21.9. The minimum absolute atomic E-state index is 0.0484. The highest BCUT2D eigenvalue weighted by Gasteiger charge is 2.31. The van der Waals surface area contributed by atoms with Crippen molar-refractivity contribution in [3.63, 3.8) is 0 Å². The predicted molar refractivity (Wildman–Crippen MR) is 124 cm³/mol. The van der Waals surface area contributed by atoms with Gasteiger partial charge in [-0.05, 0) is 35.7 Å². The lowest BCUT2D eigenvalue weighted by molar-refractivity contribution is 0.0702. The highest BCUT2D eigenvalue weighted by molar-refractivity contribution is 7.89. The van der Waals surface area contributed by atoms with Crippen molar-refractivity contribution in [3.8, 4) is 0 Å². The van der Waals surface area contributed by atoms with Crippen molar-refractivity contribution < 1.29 is 13.2 Å². The summed E-state index contributed by atoms with van der Waals surface area (Å²) in [6.45, 7) is 7.47. The van der Waals surface area contributed by atoms with Crippen LogP contribution in [0.3, 0.4) is 0 Å². The summed E-state index contributed by atoms with van der Waals surface area (Å²) in [6, 6.07) is 12.9. The fourth-order valence-electron chi connectivity index (χ4n) is 3.84. The van der Waals surface area contributed by atoms with E-state index in [0.717, 1.165) is 27.9 Å². The number of benzene rings is 2. The van der Waals surface area contributed by atoms with Crippen LogP contribution < -0.4 is 0 Å². The molecule has 0 atom stereocenters. The Balaban J connectivity index is 1.46. The van der Waals surface area contributed by atoms with Crippen LogP contribution in [0.1, 0.15) is 34.2 Å². The Kier molecular flexibility index (Phi) is 6.14. The number of carbonyl (C=O) groups excluding carboxylic acids is 1. The topological polar surface area (TPSA) is 70.6 Å². The number of aromatic nitrogens is 1. The average molecular weight is 458 g/mol. The summed E-state index contributed by atoms with van der Waals surface area (Å²) in [7, 11) is -3.60. The number of fused-ring (bicyclic) bond motifs is 1. The van der Waals surface area contributed by atoms with Gasteiger partial charge in [0.1, 0.15) is 4.88 Å². The average Bonchev–Trinajstić information content (AvgIpc) is 3.12. The molecular weight excluding hydrogens is 430 g/mol. The molecule has 6 nitrogen and oxygen atoms in total. The van der Waals surface area contributed by atoms with Gasteiger partial charge in [-0.2, -0.15) is 4.31 Å². The largest absolute Gasteiger partial charge is 0.335 e. The molecule has 2 aromatic carbocycles. The van der Waals surface area contributed by atoms with Gasteiger partial charge in [0.2, 0.25) is 10.0 Å².